The van der Waals surface area contributed by atoms with Crippen LogP contribution in [0.5, 0.6) is 0 Å². The Hall–Kier alpha value is -0.610. The third-order valence-corrected chi connectivity index (χ3v) is 2.90. The Morgan fingerprint density at radius 1 is 1.33 bits per heavy atom. The number of carbonyl (C=O) groups excluding carboxylic acids is 1. The fraction of sp³-hybridized carbons (Fsp3) is 0.909. The van der Waals surface area contributed by atoms with E-state index in [0.717, 1.165) is 45.6 Å². The molecule has 1 heterocycles. The van der Waals surface area contributed by atoms with Crippen LogP contribution in [-0.4, -0.2) is 59.6 Å². The molecule has 0 saturated carbocycles. The summed E-state index contributed by atoms with van der Waals surface area (Å²) in [5.74, 6) is 0.173. The average Bonchev–Trinajstić information content (AvgIpc) is 2.39. The first kappa shape index (κ1) is 12.5. The fourth-order valence-electron chi connectivity index (χ4n) is 1.88. The van der Waals surface area contributed by atoms with E-state index in [1.165, 1.54) is 0 Å². The molecule has 15 heavy (non-hydrogen) atoms. The van der Waals surface area contributed by atoms with Gasteiger partial charge in [0.05, 0.1) is 6.10 Å². The zero-order valence-corrected chi connectivity index (χ0v) is 9.78. The van der Waals surface area contributed by atoms with Crippen molar-refractivity contribution >= 4 is 5.91 Å². The number of carbonyl (C=O) groups is 1. The van der Waals surface area contributed by atoms with Gasteiger partial charge in [0.15, 0.2) is 0 Å². The first-order valence-electron chi connectivity index (χ1n) is 5.75. The molecular weight excluding hydrogens is 192 g/mol. The lowest BCUT2D eigenvalue weighted by Gasteiger charge is -2.21. The maximum absolute atomic E-state index is 11.2. The third-order valence-electron chi connectivity index (χ3n) is 2.90. The molecule has 0 spiro atoms. The predicted octanol–water partition coefficient (Wildman–Crippen LogP) is 0.311. The predicted molar refractivity (Wildman–Crippen MR) is 59.6 cm³/mol. The molecule has 0 radical (unpaired) electrons. The molecule has 1 fully saturated rings. The molecule has 1 atom stereocenters. The van der Waals surface area contributed by atoms with Crippen molar-refractivity contribution in [1.29, 1.82) is 0 Å². The summed E-state index contributed by atoms with van der Waals surface area (Å²) in [6, 6.07) is 0. The van der Waals surface area contributed by atoms with Crippen molar-refractivity contribution in [3.63, 3.8) is 0 Å². The Morgan fingerprint density at radius 3 is 2.67 bits per heavy atom. The molecule has 0 aromatic carbocycles. The number of hydrogen-bond acceptors (Lipinski definition) is 3. The Balaban J connectivity index is 2.29. The summed E-state index contributed by atoms with van der Waals surface area (Å²) in [7, 11) is 0. The summed E-state index contributed by atoms with van der Waals surface area (Å²) in [5, 5.41) is 9.20. The van der Waals surface area contributed by atoms with Gasteiger partial charge in [-0.15, -0.1) is 0 Å². The van der Waals surface area contributed by atoms with Crippen molar-refractivity contribution in [3.05, 3.63) is 0 Å². The largest absolute Gasteiger partial charge is 0.393 e. The lowest BCUT2D eigenvalue weighted by molar-refractivity contribution is -0.128. The summed E-state index contributed by atoms with van der Waals surface area (Å²) in [6.07, 6.45) is 1.64. The molecule has 1 N–H and O–H groups in total. The topological polar surface area (TPSA) is 43.8 Å². The second kappa shape index (κ2) is 6.08. The van der Waals surface area contributed by atoms with E-state index < -0.39 is 0 Å². The Kier molecular flexibility index (Phi) is 5.05. The molecule has 1 rings (SSSR count). The summed E-state index contributed by atoms with van der Waals surface area (Å²) < 4.78 is 0. The van der Waals surface area contributed by atoms with Crippen LogP contribution in [-0.2, 0) is 4.79 Å². The van der Waals surface area contributed by atoms with Crippen molar-refractivity contribution in [1.82, 2.24) is 9.80 Å². The second-order valence-electron chi connectivity index (χ2n) is 4.34. The van der Waals surface area contributed by atoms with Crippen molar-refractivity contribution in [2.75, 3.05) is 32.7 Å². The number of nitrogens with zero attached hydrogens (tertiary/aromatic N) is 2. The van der Waals surface area contributed by atoms with Crippen molar-refractivity contribution < 1.29 is 9.90 Å². The van der Waals surface area contributed by atoms with Crippen molar-refractivity contribution in [2.24, 2.45) is 0 Å². The number of aliphatic hydroxyl groups is 1. The first-order chi connectivity index (χ1) is 7.09. The SMILES string of the molecule is CC(=O)N1CCCN(CCC(C)O)CC1. The van der Waals surface area contributed by atoms with E-state index in [1.807, 2.05) is 11.8 Å². The molecule has 0 aromatic rings. The maximum Gasteiger partial charge on any atom is 0.219 e. The summed E-state index contributed by atoms with van der Waals surface area (Å²) >= 11 is 0. The van der Waals surface area contributed by atoms with E-state index in [-0.39, 0.29) is 12.0 Å². The number of rotatable bonds is 3. The molecule has 1 aliphatic rings. The van der Waals surface area contributed by atoms with E-state index in [1.54, 1.807) is 6.92 Å². The highest BCUT2D eigenvalue weighted by Crippen LogP contribution is 2.04. The van der Waals surface area contributed by atoms with Crippen molar-refractivity contribution in [3.8, 4) is 0 Å². The van der Waals surface area contributed by atoms with Gasteiger partial charge in [-0.05, 0) is 26.3 Å². The molecular formula is C11H22N2O2. The van der Waals surface area contributed by atoms with E-state index in [2.05, 4.69) is 4.90 Å². The third kappa shape index (κ3) is 4.62. The van der Waals surface area contributed by atoms with Crippen LogP contribution in [0.2, 0.25) is 0 Å². The smallest absolute Gasteiger partial charge is 0.219 e. The lowest BCUT2D eigenvalue weighted by atomic mass is 10.2. The molecule has 0 aliphatic carbocycles. The van der Waals surface area contributed by atoms with Gasteiger partial charge < -0.3 is 14.9 Å². The molecule has 4 nitrogen and oxygen atoms in total. The maximum atomic E-state index is 11.2. The van der Waals surface area contributed by atoms with E-state index in [9.17, 15) is 9.90 Å². The van der Waals surface area contributed by atoms with Gasteiger partial charge in [0.25, 0.3) is 0 Å². The van der Waals surface area contributed by atoms with Gasteiger partial charge in [-0.1, -0.05) is 0 Å². The van der Waals surface area contributed by atoms with Gasteiger partial charge in [0.1, 0.15) is 0 Å². The van der Waals surface area contributed by atoms with Crippen LogP contribution in [0.3, 0.4) is 0 Å². The van der Waals surface area contributed by atoms with Crippen molar-refractivity contribution in [2.45, 2.75) is 32.8 Å². The lowest BCUT2D eigenvalue weighted by Crippen LogP contribution is -2.34. The van der Waals surface area contributed by atoms with Crippen LogP contribution >= 0.6 is 0 Å². The number of amides is 1. The van der Waals surface area contributed by atoms with Gasteiger partial charge in [-0.2, -0.15) is 0 Å². The highest BCUT2D eigenvalue weighted by atomic mass is 16.3. The summed E-state index contributed by atoms with van der Waals surface area (Å²) in [5.41, 5.74) is 0. The molecule has 0 bridgehead atoms. The molecule has 1 unspecified atom stereocenters. The van der Waals surface area contributed by atoms with Gasteiger partial charge in [0.2, 0.25) is 5.91 Å². The molecule has 1 saturated heterocycles. The highest BCUT2D eigenvalue weighted by Gasteiger charge is 2.16. The van der Waals surface area contributed by atoms with Crippen LogP contribution in [0.15, 0.2) is 0 Å². The average molecular weight is 214 g/mol. The number of hydrogen-bond donors (Lipinski definition) is 1. The van der Waals surface area contributed by atoms with Crippen LogP contribution in [0, 0.1) is 0 Å². The van der Waals surface area contributed by atoms with E-state index in [0.29, 0.717) is 0 Å². The zero-order valence-electron chi connectivity index (χ0n) is 9.78. The first-order valence-corrected chi connectivity index (χ1v) is 5.75. The fourth-order valence-corrected chi connectivity index (χ4v) is 1.88. The molecule has 1 aliphatic heterocycles. The molecule has 1 amide bonds. The normalized spacial score (nSPS) is 21.1. The molecule has 4 heteroatoms. The van der Waals surface area contributed by atoms with Crippen LogP contribution in [0.4, 0.5) is 0 Å². The van der Waals surface area contributed by atoms with Gasteiger partial charge in [0, 0.05) is 33.1 Å². The minimum Gasteiger partial charge on any atom is -0.393 e. The minimum absolute atomic E-state index is 0.173. The van der Waals surface area contributed by atoms with Crippen LogP contribution < -0.4 is 0 Å². The van der Waals surface area contributed by atoms with E-state index >= 15 is 0 Å². The standard InChI is InChI=1S/C11H22N2O2/c1-10(14)4-7-12-5-3-6-13(9-8-12)11(2)15/h10,14H,3-9H2,1-2H3. The quantitative estimate of drug-likeness (QED) is 0.735. The zero-order chi connectivity index (χ0) is 11.3. The van der Waals surface area contributed by atoms with E-state index in [4.69, 9.17) is 0 Å². The Labute approximate surface area is 91.9 Å². The molecule has 0 aromatic heterocycles. The second-order valence-corrected chi connectivity index (χ2v) is 4.34. The minimum atomic E-state index is -0.225. The van der Waals surface area contributed by atoms with Gasteiger partial charge in [-0.25, -0.2) is 0 Å². The van der Waals surface area contributed by atoms with Crippen LogP contribution in [0.1, 0.15) is 26.7 Å². The summed E-state index contributed by atoms with van der Waals surface area (Å²) in [6.45, 7) is 8.06. The van der Waals surface area contributed by atoms with Gasteiger partial charge >= 0.3 is 0 Å². The monoisotopic (exact) mass is 214 g/mol. The number of aliphatic hydroxyl groups excluding tert-OH is 1. The summed E-state index contributed by atoms with van der Waals surface area (Å²) in [4.78, 5) is 15.4. The van der Waals surface area contributed by atoms with Gasteiger partial charge in [-0.3, -0.25) is 4.79 Å². The Bertz CT molecular complexity index is 207. The molecule has 88 valence electrons. The van der Waals surface area contributed by atoms with Crippen LogP contribution in [0.25, 0.3) is 0 Å². The Morgan fingerprint density at radius 2 is 2.07 bits per heavy atom. The highest BCUT2D eigenvalue weighted by molar-refractivity contribution is 5.73.